The van der Waals surface area contributed by atoms with Crippen molar-refractivity contribution in [2.45, 2.75) is 57.8 Å². The molecule has 2 nitrogen and oxygen atoms in total. The molecule has 0 aromatic heterocycles. The fourth-order valence-corrected chi connectivity index (χ4v) is 3.74. The first-order valence-electron chi connectivity index (χ1n) is 8.82. The molecule has 1 rings (SSSR count). The second kappa shape index (κ2) is 13.9. The van der Waals surface area contributed by atoms with Gasteiger partial charge in [-0.1, -0.05) is 38.2 Å². The van der Waals surface area contributed by atoms with Gasteiger partial charge in [-0.3, -0.25) is 0 Å². The highest BCUT2D eigenvalue weighted by atomic mass is 32.2. The lowest BCUT2D eigenvalue weighted by molar-refractivity contribution is 0.373. The van der Waals surface area contributed by atoms with Crippen LogP contribution in [0, 0.1) is 0 Å². The monoisotopic (exact) mass is 356 g/mol. The van der Waals surface area contributed by atoms with Gasteiger partial charge in [0, 0.05) is 0 Å². The summed E-state index contributed by atoms with van der Waals surface area (Å²) in [5, 5.41) is 9.58. The highest BCUT2D eigenvalue weighted by Crippen LogP contribution is 2.26. The summed E-state index contributed by atoms with van der Waals surface area (Å²) in [5.74, 6) is 4.33. The van der Waals surface area contributed by atoms with Crippen LogP contribution in [0.5, 0.6) is 11.5 Å². The van der Waals surface area contributed by atoms with Crippen molar-refractivity contribution in [3.8, 4) is 11.5 Å². The normalized spacial score (nSPS) is 10.9. The number of ether oxygens (including phenoxy) is 1. The molecule has 0 radical (unpaired) electrons. The molecule has 4 heteroatoms. The lowest BCUT2D eigenvalue weighted by Crippen LogP contribution is -1.91. The molecule has 0 aliphatic carbocycles. The molecule has 0 heterocycles. The van der Waals surface area contributed by atoms with Crippen LogP contribution in [0.1, 0.15) is 56.9 Å². The number of hydrogen-bond acceptors (Lipinski definition) is 4. The number of thiol groups is 1. The molecule has 0 spiro atoms. The number of phenolic OH excluding ortho intramolecular Hbond substituents is 1. The van der Waals surface area contributed by atoms with E-state index in [1.54, 1.807) is 13.2 Å². The second-order valence-corrected chi connectivity index (χ2v) is 7.59. The summed E-state index contributed by atoms with van der Waals surface area (Å²) in [6.07, 6.45) is 11.7. The zero-order chi connectivity index (χ0) is 16.8. The summed E-state index contributed by atoms with van der Waals surface area (Å²) in [5.41, 5.74) is 1.24. The number of methoxy groups -OCH3 is 1. The Hall–Kier alpha value is -0.480. The summed E-state index contributed by atoms with van der Waals surface area (Å²) < 4.78 is 5.14. The van der Waals surface area contributed by atoms with Gasteiger partial charge in [0.05, 0.1) is 7.11 Å². The van der Waals surface area contributed by atoms with Crippen molar-refractivity contribution in [2.24, 2.45) is 0 Å². The maximum Gasteiger partial charge on any atom is 0.160 e. The average molecular weight is 357 g/mol. The van der Waals surface area contributed by atoms with E-state index in [2.05, 4.69) is 24.4 Å². The van der Waals surface area contributed by atoms with E-state index in [0.717, 1.165) is 12.2 Å². The van der Waals surface area contributed by atoms with Crippen molar-refractivity contribution in [3.05, 3.63) is 23.8 Å². The molecule has 1 aromatic rings. The Morgan fingerprint density at radius 2 is 1.61 bits per heavy atom. The smallest absolute Gasteiger partial charge is 0.160 e. The Kier molecular flexibility index (Phi) is 12.4. The minimum absolute atomic E-state index is 0.219. The molecule has 1 N–H and O–H groups in total. The molecule has 0 aliphatic rings. The van der Waals surface area contributed by atoms with Gasteiger partial charge in [-0.2, -0.15) is 24.4 Å². The Balaban J connectivity index is 1.93. The molecule has 0 bridgehead atoms. The third kappa shape index (κ3) is 10.1. The Morgan fingerprint density at radius 1 is 0.957 bits per heavy atom. The molecule has 0 fully saturated rings. The minimum Gasteiger partial charge on any atom is -0.504 e. The van der Waals surface area contributed by atoms with Crippen molar-refractivity contribution in [2.75, 3.05) is 24.4 Å². The van der Waals surface area contributed by atoms with Crippen LogP contribution in [0.25, 0.3) is 0 Å². The predicted molar refractivity (Wildman–Crippen MR) is 106 cm³/mol. The first kappa shape index (κ1) is 20.6. The summed E-state index contributed by atoms with van der Waals surface area (Å²) in [4.78, 5) is 0. The van der Waals surface area contributed by atoms with Crippen molar-refractivity contribution in [3.63, 3.8) is 0 Å². The lowest BCUT2D eigenvalue weighted by Gasteiger charge is -2.07. The molecule has 0 saturated heterocycles. The standard InChI is InChI=1S/C19H32O2S2/c1-21-19-16-17(11-12-18(19)20)10-9-15-23-14-8-6-4-2-3-5-7-13-22/h11-12,16,20,22H,2-10,13-15H2,1H3. The second-order valence-electron chi connectivity index (χ2n) is 5.92. The summed E-state index contributed by atoms with van der Waals surface area (Å²) in [7, 11) is 1.59. The number of phenols is 1. The molecule has 0 aliphatic heterocycles. The SMILES string of the molecule is COc1cc(CCCSCCCCCCCCCS)ccc1O. The predicted octanol–water partition coefficient (Wildman–Crippen LogP) is 5.73. The van der Waals surface area contributed by atoms with Gasteiger partial charge in [0.1, 0.15) is 0 Å². The van der Waals surface area contributed by atoms with Crippen molar-refractivity contribution in [1.82, 2.24) is 0 Å². The average Bonchev–Trinajstić information content (AvgIpc) is 2.57. The quantitative estimate of drug-likeness (QED) is 0.330. The van der Waals surface area contributed by atoms with Crippen LogP contribution < -0.4 is 4.74 Å². The van der Waals surface area contributed by atoms with Gasteiger partial charge in [0.2, 0.25) is 0 Å². The van der Waals surface area contributed by atoms with E-state index in [0.29, 0.717) is 5.75 Å². The Morgan fingerprint density at radius 3 is 2.30 bits per heavy atom. The summed E-state index contributed by atoms with van der Waals surface area (Å²) in [6, 6.07) is 5.64. The third-order valence-electron chi connectivity index (χ3n) is 3.95. The molecule has 0 amide bonds. The number of aromatic hydroxyl groups is 1. The van der Waals surface area contributed by atoms with Crippen LogP contribution in [-0.2, 0) is 6.42 Å². The fourth-order valence-electron chi connectivity index (χ4n) is 2.56. The molecule has 132 valence electrons. The van der Waals surface area contributed by atoms with Gasteiger partial charge >= 0.3 is 0 Å². The van der Waals surface area contributed by atoms with Crippen LogP contribution in [0.2, 0.25) is 0 Å². The molecule has 1 aromatic carbocycles. The van der Waals surface area contributed by atoms with Gasteiger partial charge in [-0.25, -0.2) is 0 Å². The van der Waals surface area contributed by atoms with Crippen molar-refractivity contribution < 1.29 is 9.84 Å². The van der Waals surface area contributed by atoms with E-state index >= 15 is 0 Å². The Labute approximate surface area is 151 Å². The number of aryl methyl sites for hydroxylation is 1. The van der Waals surface area contributed by atoms with Gasteiger partial charge < -0.3 is 9.84 Å². The van der Waals surface area contributed by atoms with E-state index < -0.39 is 0 Å². The van der Waals surface area contributed by atoms with E-state index in [1.807, 2.05) is 12.1 Å². The highest BCUT2D eigenvalue weighted by molar-refractivity contribution is 7.99. The van der Waals surface area contributed by atoms with Crippen LogP contribution in [0.15, 0.2) is 18.2 Å². The number of hydrogen-bond donors (Lipinski definition) is 2. The fraction of sp³-hybridized carbons (Fsp3) is 0.684. The zero-order valence-corrected chi connectivity index (χ0v) is 16.1. The van der Waals surface area contributed by atoms with E-state index in [9.17, 15) is 5.11 Å². The largest absolute Gasteiger partial charge is 0.504 e. The van der Waals surface area contributed by atoms with Crippen molar-refractivity contribution in [1.29, 1.82) is 0 Å². The molecular formula is C19H32O2S2. The molecule has 0 atom stereocenters. The van der Waals surface area contributed by atoms with Gasteiger partial charge in [-0.15, -0.1) is 0 Å². The molecular weight excluding hydrogens is 324 g/mol. The molecule has 0 unspecified atom stereocenters. The van der Waals surface area contributed by atoms with E-state index in [4.69, 9.17) is 4.74 Å². The number of rotatable bonds is 14. The Bertz CT molecular complexity index is 410. The van der Waals surface area contributed by atoms with Crippen LogP contribution >= 0.6 is 24.4 Å². The highest BCUT2D eigenvalue weighted by Gasteiger charge is 2.02. The number of unbranched alkanes of at least 4 members (excludes halogenated alkanes) is 6. The molecule has 23 heavy (non-hydrogen) atoms. The summed E-state index contributed by atoms with van der Waals surface area (Å²) in [6.45, 7) is 0. The third-order valence-corrected chi connectivity index (χ3v) is 5.42. The van der Waals surface area contributed by atoms with Crippen LogP contribution in [-0.4, -0.2) is 29.5 Å². The topological polar surface area (TPSA) is 29.5 Å². The number of benzene rings is 1. The first-order valence-corrected chi connectivity index (χ1v) is 10.6. The van der Waals surface area contributed by atoms with E-state index in [-0.39, 0.29) is 5.75 Å². The van der Waals surface area contributed by atoms with Gasteiger partial charge in [0.15, 0.2) is 11.5 Å². The van der Waals surface area contributed by atoms with E-state index in [1.165, 1.54) is 68.4 Å². The minimum atomic E-state index is 0.219. The summed E-state index contributed by atoms with van der Waals surface area (Å²) >= 11 is 6.30. The van der Waals surface area contributed by atoms with Crippen LogP contribution in [0.4, 0.5) is 0 Å². The van der Waals surface area contributed by atoms with Crippen LogP contribution in [0.3, 0.4) is 0 Å². The maximum absolute atomic E-state index is 9.58. The lowest BCUT2D eigenvalue weighted by atomic mass is 10.1. The van der Waals surface area contributed by atoms with Gasteiger partial charge in [-0.05, 0) is 60.6 Å². The number of thioether (sulfide) groups is 1. The van der Waals surface area contributed by atoms with Crippen molar-refractivity contribution >= 4 is 24.4 Å². The maximum atomic E-state index is 9.58. The van der Waals surface area contributed by atoms with Gasteiger partial charge in [0.25, 0.3) is 0 Å². The first-order chi connectivity index (χ1) is 11.3. The zero-order valence-electron chi connectivity index (χ0n) is 14.4. The molecule has 0 saturated carbocycles.